The van der Waals surface area contributed by atoms with Crippen LogP contribution in [0.4, 0.5) is 4.79 Å². The summed E-state index contributed by atoms with van der Waals surface area (Å²) in [4.78, 5) is 49.9. The topological polar surface area (TPSA) is 92.8 Å². The minimum Gasteiger partial charge on any atom is -0.456 e. The second kappa shape index (κ2) is 7.90. The molecule has 0 atom stereocenters. The van der Waals surface area contributed by atoms with Crippen LogP contribution in [0.3, 0.4) is 0 Å². The average Bonchev–Trinajstić information content (AvgIpc) is 2.83. The highest BCUT2D eigenvalue weighted by Gasteiger charge is 2.49. The van der Waals surface area contributed by atoms with Crippen LogP contribution in [0.5, 0.6) is 0 Å². The number of ether oxygens (including phenoxy) is 1. The van der Waals surface area contributed by atoms with Gasteiger partial charge in [-0.05, 0) is 44.7 Å². The third-order valence-corrected chi connectivity index (χ3v) is 5.06. The Bertz CT molecular complexity index is 773. The highest BCUT2D eigenvalue weighted by Crippen LogP contribution is 2.24. The third kappa shape index (κ3) is 4.02. The lowest BCUT2D eigenvalue weighted by Gasteiger charge is -2.22. The van der Waals surface area contributed by atoms with Gasteiger partial charge in [0.1, 0.15) is 12.1 Å². The molecular formula is C20H26N2O5. The lowest BCUT2D eigenvalue weighted by Crippen LogP contribution is -2.46. The minimum absolute atomic E-state index is 0.313. The Morgan fingerprint density at radius 3 is 2.11 bits per heavy atom. The largest absolute Gasteiger partial charge is 0.456 e. The number of nitrogens with one attached hydrogen (secondary N) is 1. The number of benzene rings is 1. The van der Waals surface area contributed by atoms with Crippen LogP contribution < -0.4 is 5.32 Å². The Labute approximate surface area is 159 Å². The van der Waals surface area contributed by atoms with E-state index in [1.807, 2.05) is 32.9 Å². The summed E-state index contributed by atoms with van der Waals surface area (Å²) in [5, 5.41) is 2.65. The van der Waals surface area contributed by atoms with E-state index in [9.17, 15) is 19.2 Å². The summed E-state index contributed by atoms with van der Waals surface area (Å²) < 4.78 is 5.03. The molecule has 1 fully saturated rings. The summed E-state index contributed by atoms with van der Waals surface area (Å²) in [5.41, 5.74) is 2.24. The molecule has 1 saturated heterocycles. The second-order valence-corrected chi connectivity index (χ2v) is 6.97. The Balaban J connectivity index is 2.00. The molecule has 0 saturated carbocycles. The van der Waals surface area contributed by atoms with E-state index >= 15 is 0 Å². The molecule has 1 N–H and O–H groups in total. The SMILES string of the molecule is CCC1(CC)NC(=O)N(CC(=O)OCC(=O)c2c(C)cc(C)cc2C)C1=O. The number of imide groups is 1. The first-order valence-electron chi connectivity index (χ1n) is 9.06. The first-order chi connectivity index (χ1) is 12.6. The standard InChI is InChI=1S/C20H26N2O5/c1-6-20(7-2)18(25)22(19(26)21-20)10-16(24)27-11-15(23)17-13(4)8-12(3)9-14(17)5/h8-9H,6-7,10-11H2,1-5H3,(H,21,26). The number of urea groups is 1. The molecule has 0 bridgehead atoms. The summed E-state index contributed by atoms with van der Waals surface area (Å²) >= 11 is 0. The first kappa shape index (κ1) is 20.6. The molecule has 0 unspecified atom stereocenters. The van der Waals surface area contributed by atoms with E-state index < -0.39 is 36.6 Å². The Morgan fingerprint density at radius 2 is 1.63 bits per heavy atom. The maximum atomic E-state index is 12.5. The normalized spacial score (nSPS) is 15.7. The van der Waals surface area contributed by atoms with Crippen LogP contribution in [0.1, 0.15) is 53.7 Å². The van der Waals surface area contributed by atoms with Crippen molar-refractivity contribution in [2.45, 2.75) is 53.0 Å². The van der Waals surface area contributed by atoms with Crippen molar-refractivity contribution in [1.82, 2.24) is 10.2 Å². The molecule has 0 spiro atoms. The second-order valence-electron chi connectivity index (χ2n) is 6.97. The van der Waals surface area contributed by atoms with Crippen molar-refractivity contribution in [1.29, 1.82) is 0 Å². The predicted octanol–water partition coefficient (Wildman–Crippen LogP) is 2.45. The number of amides is 3. The average molecular weight is 374 g/mol. The van der Waals surface area contributed by atoms with Gasteiger partial charge < -0.3 is 10.1 Å². The molecule has 1 aromatic rings. The number of hydrogen-bond acceptors (Lipinski definition) is 5. The number of nitrogens with zero attached hydrogens (tertiary/aromatic N) is 1. The molecule has 2 rings (SSSR count). The molecule has 1 aliphatic heterocycles. The number of carbonyl (C=O) groups excluding carboxylic acids is 4. The fourth-order valence-electron chi connectivity index (χ4n) is 3.56. The van der Waals surface area contributed by atoms with E-state index in [4.69, 9.17) is 4.74 Å². The molecule has 7 heteroatoms. The van der Waals surface area contributed by atoms with E-state index in [1.54, 1.807) is 13.8 Å². The number of ketones is 1. The van der Waals surface area contributed by atoms with Crippen LogP contribution in [0, 0.1) is 20.8 Å². The van der Waals surface area contributed by atoms with Gasteiger partial charge in [0, 0.05) is 5.56 Å². The highest BCUT2D eigenvalue weighted by atomic mass is 16.5. The van der Waals surface area contributed by atoms with Crippen molar-refractivity contribution in [2.24, 2.45) is 0 Å². The lowest BCUT2D eigenvalue weighted by molar-refractivity contribution is -0.146. The molecule has 27 heavy (non-hydrogen) atoms. The summed E-state index contributed by atoms with van der Waals surface area (Å²) in [7, 11) is 0. The van der Waals surface area contributed by atoms with Crippen LogP contribution in [0.2, 0.25) is 0 Å². The van der Waals surface area contributed by atoms with Crippen LogP contribution in [0.25, 0.3) is 0 Å². The molecule has 7 nitrogen and oxygen atoms in total. The summed E-state index contributed by atoms with van der Waals surface area (Å²) in [6.07, 6.45) is 0.869. The molecule has 0 aliphatic carbocycles. The molecule has 146 valence electrons. The summed E-state index contributed by atoms with van der Waals surface area (Å²) in [5.74, 6) is -1.55. The predicted molar refractivity (Wildman–Crippen MR) is 99.5 cm³/mol. The number of esters is 1. The van der Waals surface area contributed by atoms with Crippen LogP contribution in [-0.4, -0.2) is 47.3 Å². The van der Waals surface area contributed by atoms with Crippen molar-refractivity contribution >= 4 is 23.7 Å². The minimum atomic E-state index is -0.969. The van der Waals surface area contributed by atoms with Crippen LogP contribution in [0.15, 0.2) is 12.1 Å². The maximum Gasteiger partial charge on any atom is 0.326 e. The smallest absolute Gasteiger partial charge is 0.326 e. The van der Waals surface area contributed by atoms with Gasteiger partial charge in [-0.15, -0.1) is 0 Å². The Morgan fingerprint density at radius 1 is 1.07 bits per heavy atom. The number of hydrogen-bond donors (Lipinski definition) is 1. The zero-order valence-electron chi connectivity index (χ0n) is 16.5. The van der Waals surface area contributed by atoms with Gasteiger partial charge in [0.05, 0.1) is 0 Å². The van der Waals surface area contributed by atoms with Gasteiger partial charge in [0.2, 0.25) is 5.78 Å². The molecule has 1 aliphatic rings. The molecule has 1 heterocycles. The third-order valence-electron chi connectivity index (χ3n) is 5.06. The van der Waals surface area contributed by atoms with Gasteiger partial charge in [-0.25, -0.2) is 4.79 Å². The number of carbonyl (C=O) groups is 4. The Hall–Kier alpha value is -2.70. The van der Waals surface area contributed by atoms with Crippen molar-refractivity contribution in [3.63, 3.8) is 0 Å². The lowest BCUT2D eigenvalue weighted by atomic mass is 9.93. The van der Waals surface area contributed by atoms with E-state index in [-0.39, 0.29) is 5.78 Å². The van der Waals surface area contributed by atoms with E-state index in [1.165, 1.54) is 0 Å². The monoisotopic (exact) mass is 374 g/mol. The first-order valence-corrected chi connectivity index (χ1v) is 9.06. The van der Waals surface area contributed by atoms with Gasteiger partial charge in [-0.1, -0.05) is 31.5 Å². The zero-order valence-corrected chi connectivity index (χ0v) is 16.5. The van der Waals surface area contributed by atoms with Gasteiger partial charge in [-0.2, -0.15) is 0 Å². The van der Waals surface area contributed by atoms with Crippen LogP contribution in [-0.2, 0) is 14.3 Å². The zero-order chi connectivity index (χ0) is 20.4. The molecule has 3 amide bonds. The molecule has 0 radical (unpaired) electrons. The van der Waals surface area contributed by atoms with Crippen LogP contribution >= 0.6 is 0 Å². The highest BCUT2D eigenvalue weighted by molar-refractivity contribution is 6.08. The van der Waals surface area contributed by atoms with Gasteiger partial charge in [0.25, 0.3) is 5.91 Å². The van der Waals surface area contributed by atoms with Crippen molar-refractivity contribution in [3.05, 3.63) is 34.4 Å². The Kier molecular flexibility index (Phi) is 6.03. The fraction of sp³-hybridized carbons (Fsp3) is 0.500. The van der Waals surface area contributed by atoms with E-state index in [0.29, 0.717) is 18.4 Å². The quantitative estimate of drug-likeness (QED) is 0.450. The summed E-state index contributed by atoms with van der Waals surface area (Å²) in [6.45, 7) is 8.27. The fourth-order valence-corrected chi connectivity index (χ4v) is 3.56. The molecule has 0 aromatic heterocycles. The van der Waals surface area contributed by atoms with Crippen molar-refractivity contribution in [3.8, 4) is 0 Å². The van der Waals surface area contributed by atoms with E-state index in [2.05, 4.69) is 5.32 Å². The van der Waals surface area contributed by atoms with Crippen molar-refractivity contribution in [2.75, 3.05) is 13.2 Å². The number of rotatable bonds is 7. The molecule has 1 aromatic carbocycles. The number of aryl methyl sites for hydroxylation is 3. The summed E-state index contributed by atoms with van der Waals surface area (Å²) in [6, 6.07) is 3.17. The van der Waals surface area contributed by atoms with Gasteiger partial charge in [0.15, 0.2) is 6.61 Å². The van der Waals surface area contributed by atoms with Gasteiger partial charge >= 0.3 is 12.0 Å². The van der Waals surface area contributed by atoms with E-state index in [0.717, 1.165) is 21.6 Å². The van der Waals surface area contributed by atoms with Gasteiger partial charge in [-0.3, -0.25) is 19.3 Å². The number of Topliss-reactive ketones (excluding diaryl/α,β-unsaturated/α-hetero) is 1. The maximum absolute atomic E-state index is 12.5. The molecular weight excluding hydrogens is 348 g/mol. The van der Waals surface area contributed by atoms with Crippen molar-refractivity contribution < 1.29 is 23.9 Å².